The molecule has 1 aromatic carbocycles. The van der Waals surface area contributed by atoms with Crippen molar-refractivity contribution < 1.29 is 21.9 Å². The van der Waals surface area contributed by atoms with E-state index in [4.69, 9.17) is 4.74 Å². The fraction of sp³-hybridized carbons (Fsp3) is 0.538. The molecule has 1 aliphatic carbocycles. The fourth-order valence-electron chi connectivity index (χ4n) is 3.08. The molecule has 2 unspecified atom stereocenters. The van der Waals surface area contributed by atoms with Gasteiger partial charge in [0.25, 0.3) is 0 Å². The Kier molecular flexibility index (Phi) is 4.06. The van der Waals surface area contributed by atoms with Gasteiger partial charge >= 0.3 is 0 Å². The van der Waals surface area contributed by atoms with Gasteiger partial charge in [0.2, 0.25) is 10.0 Å². The summed E-state index contributed by atoms with van der Waals surface area (Å²) in [5.41, 5.74) is 0. The summed E-state index contributed by atoms with van der Waals surface area (Å²) < 4.78 is 59.5. The van der Waals surface area contributed by atoms with Crippen molar-refractivity contribution >= 4 is 26.0 Å². The molecule has 116 valence electrons. The SMILES string of the molecule is O=S(=O)(c1c(F)cc(F)cc1Br)N1CCOC2CCCC21. The van der Waals surface area contributed by atoms with Crippen LogP contribution in [0.15, 0.2) is 21.5 Å². The van der Waals surface area contributed by atoms with Crippen LogP contribution in [0.25, 0.3) is 0 Å². The summed E-state index contributed by atoms with van der Waals surface area (Å²) >= 11 is 2.96. The highest BCUT2D eigenvalue weighted by molar-refractivity contribution is 9.10. The van der Waals surface area contributed by atoms with Crippen molar-refractivity contribution in [2.24, 2.45) is 0 Å². The van der Waals surface area contributed by atoms with Gasteiger partial charge in [0, 0.05) is 17.1 Å². The van der Waals surface area contributed by atoms with Gasteiger partial charge < -0.3 is 4.74 Å². The second kappa shape index (κ2) is 5.57. The van der Waals surface area contributed by atoms with E-state index in [0.29, 0.717) is 19.1 Å². The second-order valence-electron chi connectivity index (χ2n) is 5.22. The molecular formula is C13H14BrF2NO3S. The molecule has 1 saturated heterocycles. The van der Waals surface area contributed by atoms with E-state index in [0.717, 1.165) is 18.9 Å². The maximum atomic E-state index is 14.0. The average molecular weight is 382 g/mol. The first-order valence-electron chi connectivity index (χ1n) is 6.69. The first kappa shape index (κ1) is 15.3. The molecule has 0 radical (unpaired) electrons. The van der Waals surface area contributed by atoms with Gasteiger partial charge in [-0.1, -0.05) is 0 Å². The molecule has 2 atom stereocenters. The predicted octanol–water partition coefficient (Wildman–Crippen LogP) is 2.67. The highest BCUT2D eigenvalue weighted by Crippen LogP contribution is 2.36. The number of halogens is 3. The molecule has 2 aliphatic rings. The molecule has 4 nitrogen and oxygen atoms in total. The van der Waals surface area contributed by atoms with Crippen LogP contribution >= 0.6 is 15.9 Å². The molecule has 0 N–H and O–H groups in total. The van der Waals surface area contributed by atoms with E-state index in [1.807, 2.05) is 0 Å². The molecule has 1 aromatic rings. The maximum absolute atomic E-state index is 14.0. The number of fused-ring (bicyclic) bond motifs is 1. The second-order valence-corrected chi connectivity index (χ2v) is 7.90. The van der Waals surface area contributed by atoms with Crippen LogP contribution in [0.1, 0.15) is 19.3 Å². The number of rotatable bonds is 2. The number of ether oxygens (including phenoxy) is 1. The van der Waals surface area contributed by atoms with E-state index >= 15 is 0 Å². The number of nitrogens with zero attached hydrogens (tertiary/aromatic N) is 1. The summed E-state index contributed by atoms with van der Waals surface area (Å²) in [7, 11) is -4.03. The smallest absolute Gasteiger partial charge is 0.247 e. The van der Waals surface area contributed by atoms with Gasteiger partial charge in [-0.2, -0.15) is 4.31 Å². The molecule has 8 heteroatoms. The topological polar surface area (TPSA) is 46.6 Å². The molecule has 0 spiro atoms. The summed E-state index contributed by atoms with van der Waals surface area (Å²) in [6.45, 7) is 0.480. The lowest BCUT2D eigenvalue weighted by Crippen LogP contribution is -2.51. The van der Waals surface area contributed by atoms with Crippen molar-refractivity contribution in [3.8, 4) is 0 Å². The molecule has 3 rings (SSSR count). The van der Waals surface area contributed by atoms with E-state index in [1.165, 1.54) is 4.31 Å². The van der Waals surface area contributed by atoms with Gasteiger partial charge in [-0.15, -0.1) is 0 Å². The van der Waals surface area contributed by atoms with Crippen LogP contribution < -0.4 is 0 Å². The normalized spacial score (nSPS) is 26.8. The van der Waals surface area contributed by atoms with Gasteiger partial charge in [-0.05, 0) is 41.3 Å². The van der Waals surface area contributed by atoms with Crippen molar-refractivity contribution in [1.29, 1.82) is 0 Å². The monoisotopic (exact) mass is 381 g/mol. The summed E-state index contributed by atoms with van der Waals surface area (Å²) in [4.78, 5) is -0.503. The van der Waals surface area contributed by atoms with E-state index in [2.05, 4.69) is 15.9 Å². The minimum atomic E-state index is -4.03. The van der Waals surface area contributed by atoms with Gasteiger partial charge in [0.1, 0.15) is 16.5 Å². The summed E-state index contributed by atoms with van der Waals surface area (Å²) in [6.07, 6.45) is 2.26. The Hall–Kier alpha value is -0.570. The van der Waals surface area contributed by atoms with Crippen LogP contribution in [0.2, 0.25) is 0 Å². The number of hydrogen-bond acceptors (Lipinski definition) is 3. The highest BCUT2D eigenvalue weighted by atomic mass is 79.9. The molecule has 0 bridgehead atoms. The lowest BCUT2D eigenvalue weighted by Gasteiger charge is -2.36. The van der Waals surface area contributed by atoms with Crippen LogP contribution in [0.3, 0.4) is 0 Å². The Morgan fingerprint density at radius 1 is 1.29 bits per heavy atom. The van der Waals surface area contributed by atoms with Crippen molar-refractivity contribution in [2.75, 3.05) is 13.2 Å². The van der Waals surface area contributed by atoms with Crippen LogP contribution in [-0.4, -0.2) is 38.0 Å². The van der Waals surface area contributed by atoms with Crippen LogP contribution in [0, 0.1) is 11.6 Å². The fourth-order valence-corrected chi connectivity index (χ4v) is 5.86. The molecule has 1 saturated carbocycles. The van der Waals surface area contributed by atoms with E-state index in [-0.39, 0.29) is 23.2 Å². The predicted molar refractivity (Wildman–Crippen MR) is 75.3 cm³/mol. The minimum absolute atomic E-state index is 0.0963. The quantitative estimate of drug-likeness (QED) is 0.790. The number of sulfonamides is 1. The summed E-state index contributed by atoms with van der Waals surface area (Å²) in [6, 6.07) is 1.28. The third-order valence-corrected chi connectivity index (χ3v) is 6.85. The molecule has 1 aliphatic heterocycles. The number of morpholine rings is 1. The van der Waals surface area contributed by atoms with Crippen molar-refractivity contribution in [1.82, 2.24) is 4.31 Å². The Labute approximate surface area is 130 Å². The third-order valence-electron chi connectivity index (χ3n) is 3.96. The summed E-state index contributed by atoms with van der Waals surface area (Å²) in [5.74, 6) is -1.90. The van der Waals surface area contributed by atoms with Gasteiger partial charge in [0.15, 0.2) is 0 Å². The van der Waals surface area contributed by atoms with E-state index in [1.54, 1.807) is 0 Å². The standard InChI is InChI=1S/C13H14BrF2NO3S/c14-9-6-8(15)7-10(16)13(9)21(18,19)17-4-5-20-12-3-1-2-11(12)17/h6-7,11-12H,1-5H2. The molecule has 2 fully saturated rings. The van der Waals surface area contributed by atoms with Crippen LogP contribution in [-0.2, 0) is 14.8 Å². The largest absolute Gasteiger partial charge is 0.375 e. The van der Waals surface area contributed by atoms with Crippen molar-refractivity contribution in [3.05, 3.63) is 28.2 Å². The van der Waals surface area contributed by atoms with Crippen molar-refractivity contribution in [3.63, 3.8) is 0 Å². The average Bonchev–Trinajstić information content (AvgIpc) is 2.84. The van der Waals surface area contributed by atoms with Crippen molar-refractivity contribution in [2.45, 2.75) is 36.3 Å². The molecule has 21 heavy (non-hydrogen) atoms. The molecule has 1 heterocycles. The third kappa shape index (κ3) is 2.62. The lowest BCUT2D eigenvalue weighted by molar-refractivity contribution is -0.0242. The zero-order valence-electron chi connectivity index (χ0n) is 11.1. The molecular weight excluding hydrogens is 368 g/mol. The van der Waals surface area contributed by atoms with Crippen LogP contribution in [0.4, 0.5) is 8.78 Å². The maximum Gasteiger partial charge on any atom is 0.247 e. The first-order valence-corrected chi connectivity index (χ1v) is 8.92. The Bertz CT molecular complexity index is 644. The molecule has 0 aromatic heterocycles. The lowest BCUT2D eigenvalue weighted by atomic mass is 10.2. The zero-order valence-corrected chi connectivity index (χ0v) is 13.5. The highest BCUT2D eigenvalue weighted by Gasteiger charge is 2.43. The Morgan fingerprint density at radius 2 is 2.05 bits per heavy atom. The van der Waals surface area contributed by atoms with Gasteiger partial charge in [-0.3, -0.25) is 0 Å². The Morgan fingerprint density at radius 3 is 2.76 bits per heavy atom. The number of hydrogen-bond donors (Lipinski definition) is 0. The van der Waals surface area contributed by atoms with E-state index in [9.17, 15) is 17.2 Å². The van der Waals surface area contributed by atoms with Gasteiger partial charge in [-0.25, -0.2) is 17.2 Å². The first-order chi connectivity index (χ1) is 9.91. The van der Waals surface area contributed by atoms with Gasteiger partial charge in [0.05, 0.1) is 18.8 Å². The molecule has 0 amide bonds. The van der Waals surface area contributed by atoms with Crippen LogP contribution in [0.5, 0.6) is 0 Å². The Balaban J connectivity index is 2.04. The number of benzene rings is 1. The minimum Gasteiger partial charge on any atom is -0.375 e. The summed E-state index contributed by atoms with van der Waals surface area (Å²) in [5, 5.41) is 0. The van der Waals surface area contributed by atoms with E-state index < -0.39 is 26.6 Å². The zero-order chi connectivity index (χ0) is 15.2.